The number of benzene rings is 1. The molecule has 1 aromatic rings. The van der Waals surface area contributed by atoms with Crippen molar-refractivity contribution in [2.75, 3.05) is 26.7 Å². The summed E-state index contributed by atoms with van der Waals surface area (Å²) in [6.07, 6.45) is 2.97. The summed E-state index contributed by atoms with van der Waals surface area (Å²) in [6, 6.07) is 7.75. The third kappa shape index (κ3) is 4.00. The largest absolute Gasteiger partial charge is 0.352 e. The van der Waals surface area contributed by atoms with Gasteiger partial charge in [-0.1, -0.05) is 19.1 Å². The molecule has 0 aliphatic carbocycles. The molecule has 3 amide bonds. The van der Waals surface area contributed by atoms with Gasteiger partial charge in [0.05, 0.1) is 0 Å². The van der Waals surface area contributed by atoms with Crippen molar-refractivity contribution in [3.05, 3.63) is 35.4 Å². The lowest BCUT2D eigenvalue weighted by Gasteiger charge is -2.32. The molecule has 1 heterocycles. The Bertz CT molecular complexity index is 530. The van der Waals surface area contributed by atoms with Gasteiger partial charge in [-0.25, -0.2) is 4.79 Å². The van der Waals surface area contributed by atoms with Crippen LogP contribution in [0.5, 0.6) is 0 Å². The van der Waals surface area contributed by atoms with Crippen LogP contribution in [0, 0.1) is 0 Å². The summed E-state index contributed by atoms with van der Waals surface area (Å²) < 4.78 is 0. The van der Waals surface area contributed by atoms with Gasteiger partial charge in [0.25, 0.3) is 5.91 Å². The number of hydrogen-bond donors (Lipinski definition) is 2. The first-order valence-electron chi connectivity index (χ1n) is 8.00. The number of rotatable bonds is 4. The van der Waals surface area contributed by atoms with E-state index in [1.54, 1.807) is 7.05 Å². The lowest BCUT2D eigenvalue weighted by atomic mass is 9.89. The second-order valence-electron chi connectivity index (χ2n) is 5.72. The third-order valence-electron chi connectivity index (χ3n) is 4.08. The molecule has 0 bridgehead atoms. The van der Waals surface area contributed by atoms with Gasteiger partial charge in [0.15, 0.2) is 0 Å². The summed E-state index contributed by atoms with van der Waals surface area (Å²) in [5, 5.41) is 5.58. The van der Waals surface area contributed by atoms with Gasteiger partial charge in [0, 0.05) is 38.2 Å². The average molecular weight is 303 g/mol. The summed E-state index contributed by atoms with van der Waals surface area (Å²) >= 11 is 0. The Kier molecular flexibility index (Phi) is 5.81. The highest BCUT2D eigenvalue weighted by Crippen LogP contribution is 2.27. The van der Waals surface area contributed by atoms with Crippen LogP contribution in [-0.4, -0.2) is 43.5 Å². The zero-order valence-electron chi connectivity index (χ0n) is 13.4. The van der Waals surface area contributed by atoms with Crippen molar-refractivity contribution in [3.63, 3.8) is 0 Å². The fourth-order valence-electron chi connectivity index (χ4n) is 2.87. The first kappa shape index (κ1) is 16.3. The molecule has 1 fully saturated rings. The lowest BCUT2D eigenvalue weighted by Crippen LogP contribution is -2.43. The van der Waals surface area contributed by atoms with Crippen LogP contribution in [0.4, 0.5) is 4.79 Å². The smallest absolute Gasteiger partial charge is 0.317 e. The van der Waals surface area contributed by atoms with Crippen molar-refractivity contribution in [1.82, 2.24) is 15.5 Å². The molecule has 0 spiro atoms. The molecule has 1 saturated heterocycles. The molecule has 1 aromatic carbocycles. The van der Waals surface area contributed by atoms with E-state index in [0.29, 0.717) is 24.6 Å². The number of hydrogen-bond acceptors (Lipinski definition) is 2. The Morgan fingerprint density at radius 2 is 2.18 bits per heavy atom. The Morgan fingerprint density at radius 1 is 1.36 bits per heavy atom. The van der Waals surface area contributed by atoms with Crippen molar-refractivity contribution in [3.8, 4) is 0 Å². The van der Waals surface area contributed by atoms with E-state index in [4.69, 9.17) is 0 Å². The molecule has 2 rings (SSSR count). The number of likely N-dealkylation sites (tertiary alicyclic amines) is 1. The van der Waals surface area contributed by atoms with Gasteiger partial charge in [-0.3, -0.25) is 4.79 Å². The van der Waals surface area contributed by atoms with E-state index in [9.17, 15) is 9.59 Å². The van der Waals surface area contributed by atoms with Gasteiger partial charge in [-0.15, -0.1) is 0 Å². The molecule has 1 atom stereocenters. The molecule has 1 unspecified atom stereocenters. The third-order valence-corrected chi connectivity index (χ3v) is 4.08. The maximum atomic E-state index is 12.1. The van der Waals surface area contributed by atoms with Gasteiger partial charge in [0.1, 0.15) is 0 Å². The van der Waals surface area contributed by atoms with Gasteiger partial charge in [-0.05, 0) is 37.0 Å². The van der Waals surface area contributed by atoms with Crippen LogP contribution < -0.4 is 10.6 Å². The predicted molar refractivity (Wildman–Crippen MR) is 87.1 cm³/mol. The van der Waals surface area contributed by atoms with Gasteiger partial charge in [0.2, 0.25) is 0 Å². The Labute approximate surface area is 132 Å². The minimum Gasteiger partial charge on any atom is -0.352 e. The monoisotopic (exact) mass is 303 g/mol. The molecule has 0 saturated carbocycles. The van der Waals surface area contributed by atoms with Crippen LogP contribution in [0.25, 0.3) is 0 Å². The highest BCUT2D eigenvalue weighted by molar-refractivity contribution is 5.94. The summed E-state index contributed by atoms with van der Waals surface area (Å²) in [7, 11) is 1.66. The second kappa shape index (κ2) is 7.82. The molecule has 0 aromatic heterocycles. The molecule has 1 aliphatic heterocycles. The van der Waals surface area contributed by atoms with E-state index in [2.05, 4.69) is 16.7 Å². The molecule has 120 valence electrons. The summed E-state index contributed by atoms with van der Waals surface area (Å²) in [4.78, 5) is 25.7. The topological polar surface area (TPSA) is 61.4 Å². The van der Waals surface area contributed by atoms with Crippen molar-refractivity contribution >= 4 is 11.9 Å². The summed E-state index contributed by atoms with van der Waals surface area (Å²) in [6.45, 7) is 4.23. The maximum Gasteiger partial charge on any atom is 0.317 e. The van der Waals surface area contributed by atoms with E-state index in [1.807, 2.05) is 30.0 Å². The average Bonchev–Trinajstić information content (AvgIpc) is 2.59. The van der Waals surface area contributed by atoms with E-state index in [1.165, 1.54) is 0 Å². The highest BCUT2D eigenvalue weighted by Gasteiger charge is 2.24. The van der Waals surface area contributed by atoms with Crippen LogP contribution >= 0.6 is 0 Å². The van der Waals surface area contributed by atoms with Crippen molar-refractivity contribution < 1.29 is 9.59 Å². The molecule has 5 nitrogen and oxygen atoms in total. The molecule has 2 N–H and O–H groups in total. The van der Waals surface area contributed by atoms with Crippen molar-refractivity contribution in [2.45, 2.75) is 32.1 Å². The summed E-state index contributed by atoms with van der Waals surface area (Å²) in [5.74, 6) is 0.271. The second-order valence-corrected chi connectivity index (χ2v) is 5.72. The normalized spacial score (nSPS) is 17.9. The van der Waals surface area contributed by atoms with Crippen LogP contribution in [0.3, 0.4) is 0 Å². The van der Waals surface area contributed by atoms with Gasteiger partial charge in [-0.2, -0.15) is 0 Å². The van der Waals surface area contributed by atoms with Crippen LogP contribution in [0.2, 0.25) is 0 Å². The van der Waals surface area contributed by atoms with Crippen LogP contribution in [0.1, 0.15) is 48.0 Å². The standard InChI is InChI=1S/C17H25N3O2/c1-3-9-19-16(21)14-7-4-6-13(11-14)15-8-5-10-20(12-15)17(22)18-2/h4,6-7,11,15H,3,5,8-10,12H2,1-2H3,(H,18,22)(H,19,21). The molecular weight excluding hydrogens is 278 g/mol. The van der Waals surface area contributed by atoms with Gasteiger partial charge >= 0.3 is 6.03 Å². The van der Waals surface area contributed by atoms with E-state index < -0.39 is 0 Å². The Hall–Kier alpha value is -2.04. The zero-order valence-corrected chi connectivity index (χ0v) is 13.4. The fourth-order valence-corrected chi connectivity index (χ4v) is 2.87. The first-order valence-corrected chi connectivity index (χ1v) is 8.00. The molecule has 0 radical (unpaired) electrons. The van der Waals surface area contributed by atoms with E-state index in [0.717, 1.165) is 31.4 Å². The number of carbonyl (C=O) groups is 2. The fraction of sp³-hybridized carbons (Fsp3) is 0.529. The lowest BCUT2D eigenvalue weighted by molar-refractivity contribution is 0.0953. The number of piperidine rings is 1. The minimum atomic E-state index is -0.0263. The Balaban J connectivity index is 2.08. The number of urea groups is 1. The number of nitrogens with one attached hydrogen (secondary N) is 2. The summed E-state index contributed by atoms with van der Waals surface area (Å²) in [5.41, 5.74) is 1.83. The van der Waals surface area contributed by atoms with Gasteiger partial charge < -0.3 is 15.5 Å². The predicted octanol–water partition coefficient (Wildman–Crippen LogP) is 2.35. The number of nitrogens with zero attached hydrogens (tertiary/aromatic N) is 1. The SMILES string of the molecule is CCCNC(=O)c1cccc(C2CCCN(C(=O)NC)C2)c1. The van der Waals surface area contributed by atoms with Crippen LogP contribution in [0.15, 0.2) is 24.3 Å². The molecular formula is C17H25N3O2. The van der Waals surface area contributed by atoms with E-state index >= 15 is 0 Å². The highest BCUT2D eigenvalue weighted by atomic mass is 16.2. The number of carbonyl (C=O) groups excluding carboxylic acids is 2. The minimum absolute atomic E-state index is 0.0253. The molecule has 1 aliphatic rings. The van der Waals surface area contributed by atoms with Crippen molar-refractivity contribution in [1.29, 1.82) is 0 Å². The first-order chi connectivity index (χ1) is 10.7. The maximum absolute atomic E-state index is 12.1. The number of amides is 3. The zero-order chi connectivity index (χ0) is 15.9. The van der Waals surface area contributed by atoms with E-state index in [-0.39, 0.29) is 11.9 Å². The molecule has 22 heavy (non-hydrogen) atoms. The quantitative estimate of drug-likeness (QED) is 0.897. The Morgan fingerprint density at radius 3 is 2.91 bits per heavy atom. The molecule has 5 heteroatoms. The van der Waals surface area contributed by atoms with Crippen molar-refractivity contribution in [2.24, 2.45) is 0 Å². The van der Waals surface area contributed by atoms with Crippen LogP contribution in [-0.2, 0) is 0 Å².